The molecule has 0 aliphatic carbocycles. The third kappa shape index (κ3) is 3.40. The van der Waals surface area contributed by atoms with Gasteiger partial charge in [0, 0.05) is 30.1 Å². The first kappa shape index (κ1) is 15.3. The van der Waals surface area contributed by atoms with Gasteiger partial charge in [-0.25, -0.2) is 18.1 Å². The number of aromatic nitrogens is 1. The summed E-state index contributed by atoms with van der Waals surface area (Å²) in [5.41, 5.74) is 0.953. The van der Waals surface area contributed by atoms with Crippen molar-refractivity contribution >= 4 is 21.4 Å². The van der Waals surface area contributed by atoms with Crippen molar-refractivity contribution in [3.05, 3.63) is 34.3 Å². The van der Waals surface area contributed by atoms with Crippen molar-refractivity contribution in [3.63, 3.8) is 0 Å². The molecule has 2 heterocycles. The summed E-state index contributed by atoms with van der Waals surface area (Å²) in [6, 6.07) is 4.63. The number of rotatable bonds is 5. The van der Waals surface area contributed by atoms with E-state index in [4.69, 9.17) is 9.47 Å². The standard InChI is InChI=1S/C14H16N2O4S2/c1-10-9-21-14(16-10)4-5-15-22(17,18)11-2-3-12-13(8-11)20-7-6-19-12/h2-3,8-9,15H,4-7H2,1H3. The van der Waals surface area contributed by atoms with Gasteiger partial charge in [0.25, 0.3) is 0 Å². The molecular formula is C14H16N2O4S2. The summed E-state index contributed by atoms with van der Waals surface area (Å²) >= 11 is 1.53. The number of hydrogen-bond donors (Lipinski definition) is 1. The van der Waals surface area contributed by atoms with Crippen LogP contribution in [0.4, 0.5) is 0 Å². The minimum absolute atomic E-state index is 0.173. The molecule has 0 fully saturated rings. The fourth-order valence-electron chi connectivity index (χ4n) is 2.08. The summed E-state index contributed by atoms with van der Waals surface area (Å²) < 4.78 is 38.0. The Kier molecular flexibility index (Phi) is 4.32. The minimum Gasteiger partial charge on any atom is -0.486 e. The molecule has 0 saturated carbocycles. The predicted molar refractivity (Wildman–Crippen MR) is 83.2 cm³/mol. The monoisotopic (exact) mass is 340 g/mol. The molecule has 0 spiro atoms. The third-order valence-corrected chi connectivity index (χ3v) is 5.61. The molecule has 1 aromatic carbocycles. The summed E-state index contributed by atoms with van der Waals surface area (Å²) in [6.07, 6.45) is 0.572. The van der Waals surface area contributed by atoms with E-state index in [1.165, 1.54) is 23.5 Å². The summed E-state index contributed by atoms with van der Waals surface area (Å²) in [5.74, 6) is 1.04. The maximum atomic E-state index is 12.3. The summed E-state index contributed by atoms with van der Waals surface area (Å²) in [7, 11) is -3.57. The Morgan fingerprint density at radius 2 is 2.05 bits per heavy atom. The molecule has 0 radical (unpaired) electrons. The Morgan fingerprint density at radius 1 is 1.27 bits per heavy atom. The first-order valence-corrected chi connectivity index (χ1v) is 9.21. The number of sulfonamides is 1. The second kappa shape index (κ2) is 6.23. The number of hydrogen-bond acceptors (Lipinski definition) is 6. The van der Waals surface area contributed by atoms with E-state index in [0.29, 0.717) is 37.7 Å². The van der Waals surface area contributed by atoms with E-state index in [-0.39, 0.29) is 4.90 Å². The van der Waals surface area contributed by atoms with Gasteiger partial charge in [-0.05, 0) is 19.1 Å². The smallest absolute Gasteiger partial charge is 0.240 e. The quantitative estimate of drug-likeness (QED) is 0.897. The molecule has 3 rings (SSSR count). The van der Waals surface area contributed by atoms with Crippen LogP contribution in [0.2, 0.25) is 0 Å². The van der Waals surface area contributed by atoms with Crippen molar-refractivity contribution in [1.82, 2.24) is 9.71 Å². The first-order valence-electron chi connectivity index (χ1n) is 6.85. The molecule has 0 bridgehead atoms. The van der Waals surface area contributed by atoms with Crippen molar-refractivity contribution in [1.29, 1.82) is 0 Å². The maximum Gasteiger partial charge on any atom is 0.240 e. The molecule has 0 saturated heterocycles. The molecule has 0 amide bonds. The highest BCUT2D eigenvalue weighted by atomic mass is 32.2. The number of ether oxygens (including phenoxy) is 2. The molecule has 1 aliphatic rings. The molecule has 1 aliphatic heterocycles. The highest BCUT2D eigenvalue weighted by molar-refractivity contribution is 7.89. The van der Waals surface area contributed by atoms with Crippen LogP contribution in [0, 0.1) is 6.92 Å². The molecule has 0 unspecified atom stereocenters. The summed E-state index contributed by atoms with van der Waals surface area (Å²) in [4.78, 5) is 4.48. The van der Waals surface area contributed by atoms with Crippen LogP contribution < -0.4 is 14.2 Å². The number of nitrogens with one attached hydrogen (secondary N) is 1. The summed E-state index contributed by atoms with van der Waals surface area (Å²) in [5, 5.41) is 2.87. The van der Waals surface area contributed by atoms with Crippen molar-refractivity contribution in [2.45, 2.75) is 18.2 Å². The van der Waals surface area contributed by atoms with E-state index in [2.05, 4.69) is 9.71 Å². The van der Waals surface area contributed by atoms with Crippen LogP contribution >= 0.6 is 11.3 Å². The Labute approximate surface area is 133 Å². The van der Waals surface area contributed by atoms with Crippen LogP contribution in [0.25, 0.3) is 0 Å². The van der Waals surface area contributed by atoms with Gasteiger partial charge >= 0.3 is 0 Å². The first-order chi connectivity index (χ1) is 10.5. The van der Waals surface area contributed by atoms with Gasteiger partial charge in [0.2, 0.25) is 10.0 Å². The fourth-order valence-corrected chi connectivity index (χ4v) is 3.91. The largest absolute Gasteiger partial charge is 0.486 e. The number of fused-ring (bicyclic) bond motifs is 1. The number of nitrogens with zero attached hydrogens (tertiary/aromatic N) is 1. The lowest BCUT2D eigenvalue weighted by Gasteiger charge is -2.18. The second-order valence-corrected chi connectivity index (χ2v) is 7.55. The van der Waals surface area contributed by atoms with Gasteiger partial charge in [-0.3, -0.25) is 0 Å². The van der Waals surface area contributed by atoms with Gasteiger partial charge in [-0.2, -0.15) is 0 Å². The van der Waals surface area contributed by atoms with Crippen molar-refractivity contribution < 1.29 is 17.9 Å². The minimum atomic E-state index is -3.57. The van der Waals surface area contributed by atoms with Crippen LogP contribution in [0.1, 0.15) is 10.7 Å². The lowest BCUT2D eigenvalue weighted by atomic mass is 10.3. The predicted octanol–water partition coefficient (Wildman–Crippen LogP) is 1.74. The molecule has 2 aromatic rings. The van der Waals surface area contributed by atoms with Crippen LogP contribution in [0.3, 0.4) is 0 Å². The third-order valence-electron chi connectivity index (χ3n) is 3.12. The zero-order chi connectivity index (χ0) is 15.6. The topological polar surface area (TPSA) is 77.5 Å². The van der Waals surface area contributed by atoms with Crippen molar-refractivity contribution in [2.24, 2.45) is 0 Å². The Balaban J connectivity index is 1.67. The van der Waals surface area contributed by atoms with E-state index >= 15 is 0 Å². The van der Waals surface area contributed by atoms with Gasteiger partial charge in [-0.15, -0.1) is 11.3 Å². The Hall–Kier alpha value is -1.64. The van der Waals surface area contributed by atoms with Crippen LogP contribution in [-0.2, 0) is 16.4 Å². The van der Waals surface area contributed by atoms with Gasteiger partial charge < -0.3 is 9.47 Å². The maximum absolute atomic E-state index is 12.3. The number of aryl methyl sites for hydroxylation is 1. The molecule has 1 N–H and O–H groups in total. The Bertz CT molecular complexity index is 771. The Morgan fingerprint density at radius 3 is 2.77 bits per heavy atom. The molecular weight excluding hydrogens is 324 g/mol. The van der Waals surface area contributed by atoms with Gasteiger partial charge in [0.1, 0.15) is 13.2 Å². The molecule has 118 valence electrons. The van der Waals surface area contributed by atoms with E-state index in [1.54, 1.807) is 6.07 Å². The van der Waals surface area contributed by atoms with Gasteiger partial charge in [-0.1, -0.05) is 0 Å². The molecule has 6 nitrogen and oxygen atoms in total. The zero-order valence-corrected chi connectivity index (χ0v) is 13.7. The van der Waals surface area contributed by atoms with Crippen molar-refractivity contribution in [3.8, 4) is 11.5 Å². The normalized spacial score (nSPS) is 14.0. The van der Waals surface area contributed by atoms with E-state index in [9.17, 15) is 8.42 Å². The van der Waals surface area contributed by atoms with E-state index < -0.39 is 10.0 Å². The zero-order valence-electron chi connectivity index (χ0n) is 12.0. The number of thiazole rings is 1. The van der Waals surface area contributed by atoms with E-state index in [0.717, 1.165) is 10.7 Å². The fraction of sp³-hybridized carbons (Fsp3) is 0.357. The summed E-state index contributed by atoms with van der Waals surface area (Å²) in [6.45, 7) is 3.13. The average molecular weight is 340 g/mol. The van der Waals surface area contributed by atoms with Gasteiger partial charge in [0.15, 0.2) is 11.5 Å². The van der Waals surface area contributed by atoms with Crippen LogP contribution in [-0.4, -0.2) is 33.2 Å². The highest BCUT2D eigenvalue weighted by Crippen LogP contribution is 2.32. The number of benzene rings is 1. The molecule has 1 aromatic heterocycles. The SMILES string of the molecule is Cc1csc(CCNS(=O)(=O)c2ccc3c(c2)OCCO3)n1. The van der Waals surface area contributed by atoms with Crippen LogP contribution in [0.15, 0.2) is 28.5 Å². The molecule has 8 heteroatoms. The van der Waals surface area contributed by atoms with Crippen LogP contribution in [0.5, 0.6) is 11.5 Å². The molecule has 22 heavy (non-hydrogen) atoms. The molecule has 0 atom stereocenters. The highest BCUT2D eigenvalue weighted by Gasteiger charge is 2.19. The second-order valence-electron chi connectivity index (χ2n) is 4.84. The lowest BCUT2D eigenvalue weighted by Crippen LogP contribution is -2.26. The van der Waals surface area contributed by atoms with Gasteiger partial charge in [0.05, 0.1) is 9.90 Å². The van der Waals surface area contributed by atoms with E-state index in [1.807, 2.05) is 12.3 Å². The lowest BCUT2D eigenvalue weighted by molar-refractivity contribution is 0.171. The van der Waals surface area contributed by atoms with Crippen molar-refractivity contribution in [2.75, 3.05) is 19.8 Å². The average Bonchev–Trinajstić information content (AvgIpc) is 2.92.